The van der Waals surface area contributed by atoms with E-state index in [0.717, 1.165) is 16.9 Å². The topological polar surface area (TPSA) is 82.0 Å². The molecule has 3 aromatic rings. The Morgan fingerprint density at radius 3 is 2.35 bits per heavy atom. The Kier molecular flexibility index (Phi) is 8.41. The van der Waals surface area contributed by atoms with Gasteiger partial charge < -0.3 is 20.3 Å². The van der Waals surface area contributed by atoms with Crippen LogP contribution in [0.2, 0.25) is 0 Å². The van der Waals surface area contributed by atoms with E-state index in [1.54, 1.807) is 12.1 Å². The number of carboxylic acid groups (broad SMARTS) is 1. The van der Waals surface area contributed by atoms with Crippen LogP contribution in [0.15, 0.2) is 66.7 Å². The van der Waals surface area contributed by atoms with E-state index < -0.39 is 6.09 Å². The Labute approximate surface area is 201 Å². The number of phenols is 1. The molecular formula is C28H34N2O4. The van der Waals surface area contributed by atoms with Crippen molar-refractivity contribution >= 4 is 17.5 Å². The largest absolute Gasteiger partial charge is 0.506 e. The lowest BCUT2D eigenvalue weighted by Crippen LogP contribution is -2.37. The van der Waals surface area contributed by atoms with Gasteiger partial charge in [-0.05, 0) is 60.2 Å². The number of carbonyl (C=O) groups is 1. The molecule has 1 atom stereocenters. The van der Waals surface area contributed by atoms with E-state index >= 15 is 0 Å². The lowest BCUT2D eigenvalue weighted by atomic mass is 10.00. The van der Waals surface area contributed by atoms with E-state index in [9.17, 15) is 15.0 Å². The number of nitrogens with one attached hydrogen (secondary N) is 1. The molecule has 3 aromatic carbocycles. The minimum Gasteiger partial charge on any atom is -0.506 e. The summed E-state index contributed by atoms with van der Waals surface area (Å²) < 4.78 is 6.06. The van der Waals surface area contributed by atoms with E-state index in [4.69, 9.17) is 4.74 Å². The molecule has 0 aromatic heterocycles. The highest BCUT2D eigenvalue weighted by Gasteiger charge is 2.21. The van der Waals surface area contributed by atoms with Crippen molar-refractivity contribution in [2.45, 2.75) is 59.2 Å². The summed E-state index contributed by atoms with van der Waals surface area (Å²) >= 11 is 0. The summed E-state index contributed by atoms with van der Waals surface area (Å²) in [6.45, 7) is 9.04. The molecule has 0 bridgehead atoms. The molecule has 0 radical (unpaired) electrons. The standard InChI is InChI=1S/C28H34N2O4/c1-5-20(4)30(28(32)33)24-11-12-26(27(31)16-24)29-17-22-13-23(19(2)3)15-25(14-22)34-18-21-9-7-6-8-10-21/h6-16,19-20,29,31H,5,17-18H2,1-4H3,(H,32,33)/t20-/m0/s1. The Morgan fingerprint density at radius 1 is 1.00 bits per heavy atom. The second-order valence-electron chi connectivity index (χ2n) is 8.80. The van der Waals surface area contributed by atoms with Crippen LogP contribution >= 0.6 is 0 Å². The van der Waals surface area contributed by atoms with Crippen LogP contribution in [-0.2, 0) is 13.2 Å². The fourth-order valence-corrected chi connectivity index (χ4v) is 3.70. The van der Waals surface area contributed by atoms with Crippen molar-refractivity contribution in [3.63, 3.8) is 0 Å². The van der Waals surface area contributed by atoms with E-state index in [1.807, 2.05) is 50.2 Å². The number of aromatic hydroxyl groups is 1. The minimum absolute atomic E-state index is 0.00705. The number of benzene rings is 3. The van der Waals surface area contributed by atoms with Gasteiger partial charge in [-0.3, -0.25) is 4.90 Å². The maximum Gasteiger partial charge on any atom is 0.412 e. The molecule has 6 nitrogen and oxygen atoms in total. The first-order valence-corrected chi connectivity index (χ1v) is 11.7. The molecule has 0 spiro atoms. The molecule has 0 aliphatic carbocycles. The van der Waals surface area contributed by atoms with Crippen molar-refractivity contribution in [2.24, 2.45) is 0 Å². The van der Waals surface area contributed by atoms with Crippen molar-refractivity contribution in [1.82, 2.24) is 0 Å². The molecule has 0 aliphatic heterocycles. The summed E-state index contributed by atoms with van der Waals surface area (Å²) in [6.07, 6.45) is -0.364. The SMILES string of the molecule is CC[C@H](C)N(C(=O)O)c1ccc(NCc2cc(OCc3ccccc3)cc(C(C)C)c2)c(O)c1. The smallest absolute Gasteiger partial charge is 0.412 e. The van der Waals surface area contributed by atoms with Crippen molar-refractivity contribution in [2.75, 3.05) is 10.2 Å². The molecule has 0 aliphatic rings. The highest BCUT2D eigenvalue weighted by molar-refractivity contribution is 5.87. The molecule has 180 valence electrons. The zero-order valence-corrected chi connectivity index (χ0v) is 20.3. The molecule has 34 heavy (non-hydrogen) atoms. The van der Waals surface area contributed by atoms with Gasteiger partial charge in [0.05, 0.1) is 11.4 Å². The second-order valence-corrected chi connectivity index (χ2v) is 8.80. The van der Waals surface area contributed by atoms with Crippen molar-refractivity contribution in [3.05, 3.63) is 83.4 Å². The summed E-state index contributed by atoms with van der Waals surface area (Å²) in [7, 11) is 0. The van der Waals surface area contributed by atoms with Gasteiger partial charge in [-0.25, -0.2) is 4.79 Å². The molecule has 6 heteroatoms. The number of rotatable bonds is 10. The van der Waals surface area contributed by atoms with E-state index in [1.165, 1.54) is 16.5 Å². The summed E-state index contributed by atoms with van der Waals surface area (Å²) in [6, 6.07) is 21.0. The third-order valence-corrected chi connectivity index (χ3v) is 5.88. The monoisotopic (exact) mass is 462 g/mol. The van der Waals surface area contributed by atoms with Crippen molar-refractivity contribution in [3.8, 4) is 11.5 Å². The van der Waals surface area contributed by atoms with E-state index in [-0.39, 0.29) is 11.8 Å². The number of hydrogen-bond donors (Lipinski definition) is 3. The summed E-state index contributed by atoms with van der Waals surface area (Å²) in [5, 5.41) is 23.4. The zero-order chi connectivity index (χ0) is 24.7. The maximum atomic E-state index is 11.7. The number of amides is 1. The summed E-state index contributed by atoms with van der Waals surface area (Å²) in [5.41, 5.74) is 4.30. The summed E-state index contributed by atoms with van der Waals surface area (Å²) in [4.78, 5) is 13.0. The Balaban J connectivity index is 1.75. The number of hydrogen-bond acceptors (Lipinski definition) is 4. The first kappa shape index (κ1) is 25.0. The minimum atomic E-state index is -1.04. The van der Waals surface area contributed by atoms with Crippen molar-refractivity contribution < 1.29 is 19.7 Å². The van der Waals surface area contributed by atoms with E-state index in [0.29, 0.717) is 36.9 Å². The lowest BCUT2D eigenvalue weighted by molar-refractivity contribution is 0.199. The Morgan fingerprint density at radius 2 is 1.74 bits per heavy atom. The Hall–Kier alpha value is -3.67. The average Bonchev–Trinajstić information content (AvgIpc) is 2.82. The predicted octanol–water partition coefficient (Wildman–Crippen LogP) is 6.99. The molecule has 0 saturated heterocycles. The molecule has 0 saturated carbocycles. The van der Waals surface area contributed by atoms with Crippen LogP contribution in [0.4, 0.5) is 16.2 Å². The highest BCUT2D eigenvalue weighted by Crippen LogP contribution is 2.31. The fraction of sp³-hybridized carbons (Fsp3) is 0.321. The number of phenolic OH excluding ortho intramolecular Hbond substituents is 1. The molecule has 3 rings (SSSR count). The van der Waals surface area contributed by atoms with Crippen LogP contribution in [0, 0.1) is 0 Å². The predicted molar refractivity (Wildman–Crippen MR) is 137 cm³/mol. The van der Waals surface area contributed by atoms with Crippen LogP contribution < -0.4 is 15.0 Å². The third-order valence-electron chi connectivity index (χ3n) is 5.88. The second kappa shape index (κ2) is 11.5. The molecule has 1 amide bonds. The lowest BCUT2D eigenvalue weighted by Gasteiger charge is -2.26. The van der Waals surface area contributed by atoms with Gasteiger partial charge in [0.15, 0.2) is 0 Å². The van der Waals surface area contributed by atoms with Crippen LogP contribution in [-0.4, -0.2) is 22.3 Å². The third kappa shape index (κ3) is 6.44. The zero-order valence-electron chi connectivity index (χ0n) is 20.3. The number of anilines is 2. The van der Waals surface area contributed by atoms with Gasteiger partial charge in [-0.2, -0.15) is 0 Å². The van der Waals surface area contributed by atoms with Gasteiger partial charge in [0.1, 0.15) is 18.1 Å². The first-order chi connectivity index (χ1) is 16.3. The quantitative estimate of drug-likeness (QED) is 0.283. The first-order valence-electron chi connectivity index (χ1n) is 11.7. The van der Waals surface area contributed by atoms with E-state index in [2.05, 4.69) is 31.3 Å². The molecule has 3 N–H and O–H groups in total. The van der Waals surface area contributed by atoms with Crippen molar-refractivity contribution in [1.29, 1.82) is 0 Å². The number of ether oxygens (including phenoxy) is 1. The Bertz CT molecular complexity index is 1100. The molecular weight excluding hydrogens is 428 g/mol. The molecule has 0 fully saturated rings. The summed E-state index contributed by atoms with van der Waals surface area (Å²) in [5.74, 6) is 1.15. The van der Waals surface area contributed by atoms with Crippen LogP contribution in [0.3, 0.4) is 0 Å². The molecule has 0 unspecified atom stereocenters. The molecule has 0 heterocycles. The van der Waals surface area contributed by atoms with Gasteiger partial charge in [-0.1, -0.05) is 57.2 Å². The maximum absolute atomic E-state index is 11.7. The van der Waals surface area contributed by atoms with Gasteiger partial charge >= 0.3 is 6.09 Å². The van der Waals surface area contributed by atoms with Gasteiger partial charge in [0, 0.05) is 18.7 Å². The van der Waals surface area contributed by atoms with Gasteiger partial charge in [0.25, 0.3) is 0 Å². The average molecular weight is 463 g/mol. The highest BCUT2D eigenvalue weighted by atomic mass is 16.5. The van der Waals surface area contributed by atoms with Gasteiger partial charge in [-0.15, -0.1) is 0 Å². The normalized spacial score (nSPS) is 11.8. The van der Waals surface area contributed by atoms with Gasteiger partial charge in [0.2, 0.25) is 0 Å². The number of nitrogens with zero attached hydrogens (tertiary/aromatic N) is 1. The van der Waals surface area contributed by atoms with Crippen LogP contribution in [0.25, 0.3) is 0 Å². The fourth-order valence-electron chi connectivity index (χ4n) is 3.70. The van der Waals surface area contributed by atoms with Crippen LogP contribution in [0.5, 0.6) is 11.5 Å². The van der Waals surface area contributed by atoms with Crippen LogP contribution in [0.1, 0.15) is 56.7 Å².